The van der Waals surface area contributed by atoms with Gasteiger partial charge >= 0.3 is 6.36 Å². The second-order valence-electron chi connectivity index (χ2n) is 3.77. The molecule has 0 aliphatic carbocycles. The molecule has 0 atom stereocenters. The maximum atomic E-state index is 12.1. The van der Waals surface area contributed by atoms with Crippen LogP contribution in [0.5, 0.6) is 5.75 Å². The van der Waals surface area contributed by atoms with Crippen LogP contribution in [0.1, 0.15) is 18.9 Å². The lowest BCUT2D eigenvalue weighted by molar-refractivity contribution is -0.274. The van der Waals surface area contributed by atoms with E-state index in [9.17, 15) is 22.8 Å². The number of rotatable bonds is 5. The molecule has 20 heavy (non-hydrogen) atoms. The summed E-state index contributed by atoms with van der Waals surface area (Å²) in [4.78, 5) is 22.3. The zero-order valence-electron chi connectivity index (χ0n) is 10.4. The summed E-state index contributed by atoms with van der Waals surface area (Å²) in [5, 5.41) is 2.08. The van der Waals surface area contributed by atoms with Crippen molar-refractivity contribution < 1.29 is 27.5 Å². The van der Waals surface area contributed by atoms with Gasteiger partial charge < -0.3 is 10.1 Å². The van der Waals surface area contributed by atoms with E-state index in [1.807, 2.05) is 0 Å². The van der Waals surface area contributed by atoms with Gasteiger partial charge in [-0.1, -0.05) is 24.6 Å². The highest BCUT2D eigenvalue weighted by molar-refractivity contribution is 6.36. The minimum Gasteiger partial charge on any atom is -0.404 e. The van der Waals surface area contributed by atoms with E-state index in [-0.39, 0.29) is 18.0 Å². The van der Waals surface area contributed by atoms with E-state index < -0.39 is 23.8 Å². The number of carbonyl (C=O) groups is 2. The Morgan fingerprint density at radius 2 is 2.00 bits per heavy atom. The zero-order chi connectivity index (χ0) is 15.3. The monoisotopic (exact) mass is 309 g/mol. The second-order valence-corrected chi connectivity index (χ2v) is 4.18. The molecule has 1 aromatic rings. The van der Waals surface area contributed by atoms with Crippen molar-refractivity contribution in [2.45, 2.75) is 26.3 Å². The van der Waals surface area contributed by atoms with Gasteiger partial charge in [0.15, 0.2) is 0 Å². The van der Waals surface area contributed by atoms with Crippen LogP contribution in [0.2, 0.25) is 5.02 Å². The Balaban J connectivity index is 2.75. The molecule has 8 heteroatoms. The van der Waals surface area contributed by atoms with Gasteiger partial charge in [-0.3, -0.25) is 9.59 Å². The highest BCUT2D eigenvalue weighted by atomic mass is 35.5. The van der Waals surface area contributed by atoms with Crippen molar-refractivity contribution in [2.24, 2.45) is 0 Å². The lowest BCUT2D eigenvalue weighted by atomic mass is 10.2. The Bertz CT molecular complexity index is 517. The van der Waals surface area contributed by atoms with E-state index in [2.05, 4.69) is 10.1 Å². The van der Waals surface area contributed by atoms with Gasteiger partial charge in [0.2, 0.25) is 5.78 Å². The van der Waals surface area contributed by atoms with E-state index >= 15 is 0 Å². The molecule has 0 heterocycles. The molecule has 0 aromatic heterocycles. The first-order chi connectivity index (χ1) is 9.23. The number of Topliss-reactive ketones (excluding diaryl/α,β-unsaturated/α-hetero) is 1. The quantitative estimate of drug-likeness (QED) is 0.851. The lowest BCUT2D eigenvalue weighted by Crippen LogP contribution is -2.30. The summed E-state index contributed by atoms with van der Waals surface area (Å²) < 4.78 is 40.1. The molecule has 1 rings (SSSR count). The number of hydrogen-bond donors (Lipinski definition) is 1. The molecule has 0 unspecified atom stereocenters. The molecule has 0 aliphatic heterocycles. The Morgan fingerprint density at radius 3 is 2.55 bits per heavy atom. The number of hydrogen-bond acceptors (Lipinski definition) is 3. The Labute approximate surface area is 117 Å². The third-order valence-corrected chi connectivity index (χ3v) is 2.56. The summed E-state index contributed by atoms with van der Waals surface area (Å²) in [6.45, 7) is 1.43. The molecule has 0 aliphatic rings. The molecule has 1 amide bonds. The lowest BCUT2D eigenvalue weighted by Gasteiger charge is -2.12. The predicted molar refractivity (Wildman–Crippen MR) is 65.3 cm³/mol. The van der Waals surface area contributed by atoms with Crippen LogP contribution in [0.15, 0.2) is 18.2 Å². The fourth-order valence-electron chi connectivity index (χ4n) is 1.30. The van der Waals surface area contributed by atoms with Crippen molar-refractivity contribution in [3.05, 3.63) is 28.8 Å². The molecule has 1 N–H and O–H groups in total. The molecule has 0 fully saturated rings. The standard InChI is InChI=1S/C12H11ClF3NO3/c1-2-9(18)11(19)17-6-7-3-4-8(13)10(5-7)20-12(14,15)16/h3-5H,2,6H2,1H3,(H,17,19). The highest BCUT2D eigenvalue weighted by Gasteiger charge is 2.32. The van der Waals surface area contributed by atoms with E-state index in [0.29, 0.717) is 5.56 Å². The first-order valence-electron chi connectivity index (χ1n) is 5.58. The van der Waals surface area contributed by atoms with Crippen LogP contribution < -0.4 is 10.1 Å². The molecule has 0 radical (unpaired) electrons. The normalized spacial score (nSPS) is 11.1. The molecule has 110 valence electrons. The average molecular weight is 310 g/mol. The molecular weight excluding hydrogens is 299 g/mol. The van der Waals surface area contributed by atoms with Crippen molar-refractivity contribution in [2.75, 3.05) is 0 Å². The van der Waals surface area contributed by atoms with Crippen LogP contribution in [-0.4, -0.2) is 18.1 Å². The van der Waals surface area contributed by atoms with Crippen molar-refractivity contribution in [1.29, 1.82) is 0 Å². The predicted octanol–water partition coefficient (Wildman–Crippen LogP) is 2.83. The van der Waals surface area contributed by atoms with E-state index in [1.54, 1.807) is 0 Å². The minimum atomic E-state index is -4.86. The van der Waals surface area contributed by atoms with Gasteiger partial charge in [0.25, 0.3) is 5.91 Å². The number of benzene rings is 1. The summed E-state index contributed by atoms with van der Waals surface area (Å²) in [6, 6.07) is 3.68. The van der Waals surface area contributed by atoms with Crippen molar-refractivity contribution >= 4 is 23.3 Å². The van der Waals surface area contributed by atoms with Gasteiger partial charge in [0, 0.05) is 13.0 Å². The number of ketones is 1. The Kier molecular flexibility index (Phi) is 5.38. The SMILES string of the molecule is CCC(=O)C(=O)NCc1ccc(Cl)c(OC(F)(F)F)c1. The fraction of sp³-hybridized carbons (Fsp3) is 0.333. The molecule has 0 spiro atoms. The van der Waals surface area contributed by atoms with E-state index in [1.165, 1.54) is 19.1 Å². The van der Waals surface area contributed by atoms with Crippen LogP contribution in [0.3, 0.4) is 0 Å². The van der Waals surface area contributed by atoms with E-state index in [4.69, 9.17) is 11.6 Å². The van der Waals surface area contributed by atoms with Crippen LogP contribution in [-0.2, 0) is 16.1 Å². The molecule has 4 nitrogen and oxygen atoms in total. The number of carbonyl (C=O) groups excluding carboxylic acids is 2. The van der Waals surface area contributed by atoms with E-state index in [0.717, 1.165) is 6.07 Å². The summed E-state index contributed by atoms with van der Waals surface area (Å²) in [6.07, 6.45) is -4.81. The van der Waals surface area contributed by atoms with Gasteiger partial charge in [-0.2, -0.15) is 0 Å². The molecular formula is C12H11ClF3NO3. The highest BCUT2D eigenvalue weighted by Crippen LogP contribution is 2.30. The summed E-state index contributed by atoms with van der Waals surface area (Å²) in [5.74, 6) is -1.96. The van der Waals surface area contributed by atoms with Crippen LogP contribution >= 0.6 is 11.6 Å². The van der Waals surface area contributed by atoms with Gasteiger partial charge in [-0.15, -0.1) is 13.2 Å². The van der Waals surface area contributed by atoms with Gasteiger partial charge in [0.1, 0.15) is 5.75 Å². The summed E-state index contributed by atoms with van der Waals surface area (Å²) >= 11 is 5.57. The van der Waals surface area contributed by atoms with Gasteiger partial charge in [-0.25, -0.2) is 0 Å². The van der Waals surface area contributed by atoms with Gasteiger partial charge in [-0.05, 0) is 17.7 Å². The molecule has 0 saturated heterocycles. The van der Waals surface area contributed by atoms with Crippen molar-refractivity contribution in [3.63, 3.8) is 0 Å². The van der Waals surface area contributed by atoms with Crippen LogP contribution in [0.4, 0.5) is 13.2 Å². The zero-order valence-corrected chi connectivity index (χ0v) is 11.1. The Morgan fingerprint density at radius 1 is 1.35 bits per heavy atom. The summed E-state index contributed by atoms with van der Waals surface area (Å²) in [5.41, 5.74) is 0.325. The first kappa shape index (κ1) is 16.3. The first-order valence-corrected chi connectivity index (χ1v) is 5.96. The number of halogens is 4. The average Bonchev–Trinajstić information content (AvgIpc) is 2.36. The smallest absolute Gasteiger partial charge is 0.404 e. The summed E-state index contributed by atoms with van der Waals surface area (Å²) in [7, 11) is 0. The number of amides is 1. The number of alkyl halides is 3. The Hall–Kier alpha value is -1.76. The van der Waals surface area contributed by atoms with Crippen molar-refractivity contribution in [1.82, 2.24) is 5.32 Å². The topological polar surface area (TPSA) is 55.4 Å². The maximum Gasteiger partial charge on any atom is 0.573 e. The van der Waals surface area contributed by atoms with Crippen LogP contribution in [0, 0.1) is 0 Å². The fourth-order valence-corrected chi connectivity index (χ4v) is 1.46. The minimum absolute atomic E-state index is 0.0505. The number of ether oxygens (including phenoxy) is 1. The van der Waals surface area contributed by atoms with Gasteiger partial charge in [0.05, 0.1) is 5.02 Å². The maximum absolute atomic E-state index is 12.1. The molecule has 0 bridgehead atoms. The third kappa shape index (κ3) is 5.08. The number of nitrogens with one attached hydrogen (secondary N) is 1. The molecule has 1 aromatic carbocycles. The largest absolute Gasteiger partial charge is 0.573 e. The third-order valence-electron chi connectivity index (χ3n) is 2.25. The molecule has 0 saturated carbocycles. The second kappa shape index (κ2) is 6.60. The van der Waals surface area contributed by atoms with Crippen molar-refractivity contribution in [3.8, 4) is 5.75 Å². The van der Waals surface area contributed by atoms with Crippen LogP contribution in [0.25, 0.3) is 0 Å².